The van der Waals surface area contributed by atoms with Crippen LogP contribution in [-0.2, 0) is 0 Å². The third-order valence-corrected chi connectivity index (χ3v) is 9.90. The van der Waals surface area contributed by atoms with Crippen molar-refractivity contribution in [3.63, 3.8) is 0 Å². The fourth-order valence-electron chi connectivity index (χ4n) is 6.52. The summed E-state index contributed by atoms with van der Waals surface area (Å²) in [6.45, 7) is 0. The molecule has 0 bridgehead atoms. The van der Waals surface area contributed by atoms with E-state index in [1.807, 2.05) is 42.5 Å². The second-order valence-electron chi connectivity index (χ2n) is 11.4. The van der Waals surface area contributed by atoms with Gasteiger partial charge in [0.2, 0.25) is 0 Å². The molecule has 0 saturated heterocycles. The summed E-state index contributed by atoms with van der Waals surface area (Å²) in [6, 6.07) is 48.9. The molecule has 46 heavy (non-hydrogen) atoms. The first kappa shape index (κ1) is 21.9. The molecule has 9 rings (SSSR count). The fraction of sp³-hybridized carbons (Fsp3) is 0. The molecule has 2 heteroatoms. The summed E-state index contributed by atoms with van der Waals surface area (Å²) >= 11 is 1.66. The Morgan fingerprint density at radius 1 is 0.457 bits per heavy atom. The number of para-hydroxylation sites is 1. The molecule has 0 atom stereocenters. The number of rotatable bonds is 5. The highest BCUT2D eigenvalue weighted by Crippen LogP contribution is 2.46. The molecule has 0 fully saturated rings. The molecule has 0 radical (unpaired) electrons. The molecule has 0 spiro atoms. The van der Waals surface area contributed by atoms with E-state index < -0.39 is 6.04 Å². The Balaban J connectivity index is 1.26. The molecule has 0 unspecified atom stereocenters. The van der Waals surface area contributed by atoms with Gasteiger partial charge in [0, 0.05) is 37.2 Å². The molecule has 9 aromatic rings. The van der Waals surface area contributed by atoms with Crippen LogP contribution in [0.5, 0.6) is 0 Å². The first-order valence-electron chi connectivity index (χ1n) is 17.8. The maximum atomic E-state index is 8.89. The highest BCUT2D eigenvalue weighted by molar-refractivity contribution is 7.26. The summed E-state index contributed by atoms with van der Waals surface area (Å²) in [6.07, 6.45) is 0. The standard InChI is InChI=1S/C44H29NS/c1-3-12-32(13-4-1)40-28-35-15-9-10-18-39(35)44-43(40)41-29-38(25-26-42(41)46-44)45(36-16-5-2-6-17-36)37-23-21-31(22-24-37)34-20-19-30-11-7-8-14-33(30)27-34/h1-29H/i1D,3D,4D,12D,13D. The largest absolute Gasteiger partial charge is 0.310 e. The maximum Gasteiger partial charge on any atom is 0.0629 e. The fourth-order valence-corrected chi connectivity index (χ4v) is 7.76. The third-order valence-electron chi connectivity index (χ3n) is 8.70. The lowest BCUT2D eigenvalue weighted by molar-refractivity contribution is 1.29. The Morgan fingerprint density at radius 2 is 1.13 bits per heavy atom. The van der Waals surface area contributed by atoms with Crippen LogP contribution < -0.4 is 4.90 Å². The molecule has 0 aliphatic rings. The second kappa shape index (κ2) is 11.0. The minimum atomic E-state index is -0.395. The summed E-state index contributed by atoms with van der Waals surface area (Å²) in [4.78, 5) is 2.23. The van der Waals surface area contributed by atoms with Gasteiger partial charge >= 0.3 is 0 Å². The van der Waals surface area contributed by atoms with Crippen LogP contribution in [0.15, 0.2) is 176 Å². The third kappa shape index (κ3) is 4.54. The molecule has 0 amide bonds. The first-order valence-corrected chi connectivity index (χ1v) is 16.1. The van der Waals surface area contributed by atoms with Crippen molar-refractivity contribution in [1.82, 2.24) is 0 Å². The molecule has 0 N–H and O–H groups in total. The van der Waals surface area contributed by atoms with Gasteiger partial charge in [-0.1, -0.05) is 121 Å². The predicted molar refractivity (Wildman–Crippen MR) is 200 cm³/mol. The quantitative estimate of drug-likeness (QED) is 0.188. The Bertz CT molecular complexity index is 2780. The number of benzene rings is 8. The number of anilines is 3. The minimum Gasteiger partial charge on any atom is -0.310 e. The van der Waals surface area contributed by atoms with Crippen molar-refractivity contribution in [2.24, 2.45) is 0 Å². The van der Waals surface area contributed by atoms with E-state index in [0.717, 1.165) is 59.1 Å². The number of thiophene rings is 1. The lowest BCUT2D eigenvalue weighted by atomic mass is 9.95. The average Bonchev–Trinajstić information content (AvgIpc) is 3.56. The predicted octanol–water partition coefficient (Wildman–Crippen LogP) is 13.2. The molecular weight excluding hydrogens is 575 g/mol. The van der Waals surface area contributed by atoms with E-state index in [-0.39, 0.29) is 29.7 Å². The Kier molecular flexibility index (Phi) is 5.25. The van der Waals surface area contributed by atoms with Crippen LogP contribution in [0, 0.1) is 0 Å². The van der Waals surface area contributed by atoms with Gasteiger partial charge in [0.15, 0.2) is 0 Å². The molecule has 1 heterocycles. The van der Waals surface area contributed by atoms with E-state index >= 15 is 0 Å². The lowest BCUT2D eigenvalue weighted by Gasteiger charge is -2.26. The van der Waals surface area contributed by atoms with E-state index in [1.165, 1.54) is 10.8 Å². The molecular formula is C44H29NS. The summed E-state index contributed by atoms with van der Waals surface area (Å²) in [5.74, 6) is 0. The molecule has 0 aliphatic heterocycles. The SMILES string of the molecule is [2H]c1c([2H])c([2H])c(-c2cc3ccccc3c3sc4ccc(N(c5ccccc5)c5ccc(-c6ccc7ccccc7c6)cc5)cc4c23)c([2H])c1[2H]. The maximum absolute atomic E-state index is 8.89. The topological polar surface area (TPSA) is 3.24 Å². The average molecular weight is 609 g/mol. The van der Waals surface area contributed by atoms with Crippen LogP contribution in [0.25, 0.3) is 64.0 Å². The van der Waals surface area contributed by atoms with Crippen molar-refractivity contribution < 1.29 is 6.85 Å². The van der Waals surface area contributed by atoms with Gasteiger partial charge in [0.1, 0.15) is 0 Å². The molecule has 1 aromatic heterocycles. The van der Waals surface area contributed by atoms with E-state index in [4.69, 9.17) is 6.85 Å². The first-order chi connectivity index (χ1) is 24.9. The van der Waals surface area contributed by atoms with E-state index in [2.05, 4.69) is 108 Å². The summed E-state index contributed by atoms with van der Waals surface area (Å²) in [7, 11) is 0. The van der Waals surface area contributed by atoms with Crippen LogP contribution in [0.3, 0.4) is 0 Å². The normalized spacial score (nSPS) is 13.0. The molecule has 0 aliphatic carbocycles. The summed E-state index contributed by atoms with van der Waals surface area (Å²) in [5, 5.41) is 6.29. The Labute approximate surface area is 279 Å². The zero-order valence-electron chi connectivity index (χ0n) is 29.7. The zero-order valence-corrected chi connectivity index (χ0v) is 25.5. The van der Waals surface area contributed by atoms with Crippen LogP contribution in [0.2, 0.25) is 0 Å². The summed E-state index contributed by atoms with van der Waals surface area (Å²) < 4.78 is 45.0. The van der Waals surface area contributed by atoms with Gasteiger partial charge in [0.05, 0.1) is 6.85 Å². The van der Waals surface area contributed by atoms with Crippen molar-refractivity contribution in [2.45, 2.75) is 0 Å². The van der Waals surface area contributed by atoms with Crippen molar-refractivity contribution in [3.05, 3.63) is 176 Å². The van der Waals surface area contributed by atoms with E-state index in [9.17, 15) is 0 Å². The van der Waals surface area contributed by atoms with Crippen molar-refractivity contribution >= 4 is 70.1 Å². The Morgan fingerprint density at radius 3 is 1.96 bits per heavy atom. The van der Waals surface area contributed by atoms with Gasteiger partial charge in [-0.15, -0.1) is 11.3 Å². The minimum absolute atomic E-state index is 0.203. The Hall–Kier alpha value is -5.70. The number of nitrogens with zero attached hydrogens (tertiary/aromatic N) is 1. The molecule has 1 nitrogen and oxygen atoms in total. The van der Waals surface area contributed by atoms with Gasteiger partial charge in [-0.2, -0.15) is 0 Å². The number of hydrogen-bond donors (Lipinski definition) is 0. The summed E-state index contributed by atoms with van der Waals surface area (Å²) in [5.41, 5.74) is 6.09. The lowest BCUT2D eigenvalue weighted by Crippen LogP contribution is -2.09. The van der Waals surface area contributed by atoms with E-state index in [1.54, 1.807) is 11.3 Å². The van der Waals surface area contributed by atoms with Crippen molar-refractivity contribution in [1.29, 1.82) is 0 Å². The monoisotopic (exact) mass is 608 g/mol. The number of hydrogen-bond acceptors (Lipinski definition) is 2. The van der Waals surface area contributed by atoms with Gasteiger partial charge in [-0.25, -0.2) is 0 Å². The van der Waals surface area contributed by atoms with Crippen LogP contribution in [0.1, 0.15) is 6.85 Å². The molecule has 216 valence electrons. The highest BCUT2D eigenvalue weighted by atomic mass is 32.1. The highest BCUT2D eigenvalue weighted by Gasteiger charge is 2.18. The van der Waals surface area contributed by atoms with Gasteiger partial charge in [0.25, 0.3) is 0 Å². The van der Waals surface area contributed by atoms with Crippen molar-refractivity contribution in [3.8, 4) is 22.3 Å². The second-order valence-corrected chi connectivity index (χ2v) is 12.5. The smallest absolute Gasteiger partial charge is 0.0629 e. The number of fused-ring (bicyclic) bond motifs is 6. The van der Waals surface area contributed by atoms with Gasteiger partial charge in [-0.05, 0) is 98.4 Å². The van der Waals surface area contributed by atoms with Crippen molar-refractivity contribution in [2.75, 3.05) is 4.90 Å². The zero-order chi connectivity index (χ0) is 34.8. The molecule has 8 aromatic carbocycles. The molecule has 0 saturated carbocycles. The van der Waals surface area contributed by atoms with Crippen LogP contribution in [-0.4, -0.2) is 0 Å². The van der Waals surface area contributed by atoms with Gasteiger partial charge < -0.3 is 4.90 Å². The van der Waals surface area contributed by atoms with Crippen LogP contribution in [0.4, 0.5) is 17.1 Å². The van der Waals surface area contributed by atoms with E-state index in [0.29, 0.717) is 5.56 Å². The van der Waals surface area contributed by atoms with Gasteiger partial charge in [-0.3, -0.25) is 0 Å². The van der Waals surface area contributed by atoms with Crippen LogP contribution >= 0.6 is 11.3 Å².